The van der Waals surface area contributed by atoms with Gasteiger partial charge in [-0.2, -0.15) is 5.26 Å². The third-order valence-electron chi connectivity index (χ3n) is 5.53. The average Bonchev–Trinajstić information content (AvgIpc) is 2.69. The van der Waals surface area contributed by atoms with E-state index in [1.807, 2.05) is 49.3 Å². The average molecular weight is 397 g/mol. The molecule has 2 aromatic rings. The van der Waals surface area contributed by atoms with Gasteiger partial charge >= 0.3 is 5.97 Å². The van der Waals surface area contributed by atoms with Gasteiger partial charge in [0.25, 0.3) is 0 Å². The van der Waals surface area contributed by atoms with Crippen LogP contribution in [0.15, 0.2) is 54.6 Å². The Morgan fingerprint density at radius 1 is 1.11 bits per heavy atom. The molecule has 0 unspecified atom stereocenters. The SMILES string of the molecule is CN(C)CC1(OC(=O)c2cccc(Cl)c2)CCC(C#N)(c2ccccc2)CC1. The minimum atomic E-state index is -0.613. The van der Waals surface area contributed by atoms with E-state index in [2.05, 4.69) is 6.07 Å². The summed E-state index contributed by atoms with van der Waals surface area (Å²) in [5.74, 6) is -0.367. The highest BCUT2D eigenvalue weighted by molar-refractivity contribution is 6.30. The summed E-state index contributed by atoms with van der Waals surface area (Å²) >= 11 is 6.02. The Kier molecular flexibility index (Phi) is 6.07. The zero-order valence-corrected chi connectivity index (χ0v) is 17.1. The quantitative estimate of drug-likeness (QED) is 0.679. The summed E-state index contributed by atoms with van der Waals surface area (Å²) in [6.45, 7) is 0.621. The fourth-order valence-corrected chi connectivity index (χ4v) is 4.28. The Morgan fingerprint density at radius 2 is 1.79 bits per heavy atom. The molecule has 0 bridgehead atoms. The number of carbonyl (C=O) groups is 1. The van der Waals surface area contributed by atoms with Crippen LogP contribution in [-0.2, 0) is 10.2 Å². The Bertz CT molecular complexity index is 866. The summed E-state index contributed by atoms with van der Waals surface area (Å²) in [6.07, 6.45) is 2.59. The van der Waals surface area contributed by atoms with Gasteiger partial charge in [-0.3, -0.25) is 0 Å². The number of esters is 1. The van der Waals surface area contributed by atoms with E-state index < -0.39 is 11.0 Å². The third kappa shape index (κ3) is 4.38. The molecule has 0 N–H and O–H groups in total. The smallest absolute Gasteiger partial charge is 0.338 e. The summed E-state index contributed by atoms with van der Waals surface area (Å²) < 4.78 is 6.06. The lowest BCUT2D eigenvalue weighted by molar-refractivity contribution is -0.0560. The molecule has 28 heavy (non-hydrogen) atoms. The monoisotopic (exact) mass is 396 g/mol. The summed E-state index contributed by atoms with van der Waals surface area (Å²) in [7, 11) is 3.94. The van der Waals surface area contributed by atoms with E-state index in [4.69, 9.17) is 16.3 Å². The minimum absolute atomic E-state index is 0.367. The molecule has 0 amide bonds. The van der Waals surface area contributed by atoms with Crippen LogP contribution in [0, 0.1) is 11.3 Å². The number of hydrogen-bond donors (Lipinski definition) is 0. The Morgan fingerprint density at radius 3 is 2.36 bits per heavy atom. The van der Waals surface area contributed by atoms with Gasteiger partial charge in [-0.1, -0.05) is 48.0 Å². The van der Waals surface area contributed by atoms with Crippen molar-refractivity contribution in [1.82, 2.24) is 4.90 Å². The number of nitriles is 1. The Labute approximate surface area is 171 Å². The number of halogens is 1. The highest BCUT2D eigenvalue weighted by atomic mass is 35.5. The fourth-order valence-electron chi connectivity index (χ4n) is 4.09. The van der Waals surface area contributed by atoms with Crippen molar-refractivity contribution in [3.8, 4) is 6.07 Å². The predicted octanol–water partition coefficient (Wildman–Crippen LogP) is 4.83. The molecule has 1 aliphatic carbocycles. The van der Waals surface area contributed by atoms with Gasteiger partial charge in [0.2, 0.25) is 0 Å². The molecule has 0 aliphatic heterocycles. The van der Waals surface area contributed by atoms with E-state index >= 15 is 0 Å². The highest BCUT2D eigenvalue weighted by Gasteiger charge is 2.46. The van der Waals surface area contributed by atoms with Crippen LogP contribution in [0.5, 0.6) is 0 Å². The Balaban J connectivity index is 1.82. The zero-order valence-electron chi connectivity index (χ0n) is 16.3. The third-order valence-corrected chi connectivity index (χ3v) is 5.76. The molecule has 0 spiro atoms. The first-order chi connectivity index (χ1) is 13.4. The van der Waals surface area contributed by atoms with Crippen molar-refractivity contribution in [1.29, 1.82) is 5.26 Å². The summed E-state index contributed by atoms with van der Waals surface area (Å²) in [5, 5.41) is 10.5. The summed E-state index contributed by atoms with van der Waals surface area (Å²) in [4.78, 5) is 14.8. The lowest BCUT2D eigenvalue weighted by Crippen LogP contribution is -2.49. The molecule has 0 aromatic heterocycles. The van der Waals surface area contributed by atoms with Crippen LogP contribution in [0.1, 0.15) is 41.6 Å². The predicted molar refractivity (Wildman–Crippen MR) is 110 cm³/mol. The molecule has 146 valence electrons. The van der Waals surface area contributed by atoms with Gasteiger partial charge in [-0.25, -0.2) is 4.79 Å². The van der Waals surface area contributed by atoms with E-state index in [9.17, 15) is 10.1 Å². The standard InChI is InChI=1S/C23H25ClN2O2/c1-26(2)17-23(28-21(27)18-7-6-10-20(24)15-18)13-11-22(16-25,12-14-23)19-8-4-3-5-9-19/h3-10,15H,11-14,17H2,1-2H3. The first-order valence-corrected chi connectivity index (χ1v) is 9.86. The number of ether oxygens (including phenoxy) is 1. The number of hydrogen-bond acceptors (Lipinski definition) is 4. The molecular formula is C23H25ClN2O2. The molecule has 4 nitrogen and oxygen atoms in total. The lowest BCUT2D eigenvalue weighted by atomic mass is 9.66. The number of nitrogens with zero attached hydrogens (tertiary/aromatic N) is 2. The van der Waals surface area contributed by atoms with Gasteiger partial charge in [0.1, 0.15) is 5.60 Å². The summed E-state index contributed by atoms with van der Waals surface area (Å²) in [6, 6.07) is 19.3. The number of carbonyl (C=O) groups excluding carboxylic acids is 1. The van der Waals surface area contributed by atoms with E-state index in [1.54, 1.807) is 24.3 Å². The van der Waals surface area contributed by atoms with Gasteiger partial charge < -0.3 is 9.64 Å². The second-order valence-electron chi connectivity index (χ2n) is 7.88. The molecule has 5 heteroatoms. The van der Waals surface area contributed by atoms with E-state index in [1.165, 1.54) is 0 Å². The summed E-state index contributed by atoms with van der Waals surface area (Å²) in [5.41, 5.74) is 0.348. The number of rotatable bonds is 5. The molecule has 2 aromatic carbocycles. The van der Waals surface area contributed by atoms with Crippen LogP contribution in [0.2, 0.25) is 5.02 Å². The van der Waals surface area contributed by atoms with E-state index in [0.29, 0.717) is 42.8 Å². The second kappa shape index (κ2) is 8.34. The molecule has 0 heterocycles. The topological polar surface area (TPSA) is 53.3 Å². The van der Waals surface area contributed by atoms with Crippen LogP contribution < -0.4 is 0 Å². The fraction of sp³-hybridized carbons (Fsp3) is 0.391. The molecule has 1 saturated carbocycles. The van der Waals surface area contributed by atoms with Gasteiger partial charge in [-0.05, 0) is 63.5 Å². The van der Waals surface area contributed by atoms with Crippen molar-refractivity contribution in [2.75, 3.05) is 20.6 Å². The second-order valence-corrected chi connectivity index (χ2v) is 8.32. The first kappa shape index (κ1) is 20.4. The molecule has 0 atom stereocenters. The van der Waals surface area contributed by atoms with E-state index in [-0.39, 0.29) is 5.97 Å². The van der Waals surface area contributed by atoms with Crippen molar-refractivity contribution in [2.45, 2.75) is 36.7 Å². The Hall–Kier alpha value is -2.35. The van der Waals surface area contributed by atoms with Crippen molar-refractivity contribution in [3.05, 3.63) is 70.7 Å². The van der Waals surface area contributed by atoms with Crippen molar-refractivity contribution < 1.29 is 9.53 Å². The van der Waals surface area contributed by atoms with Crippen LogP contribution in [0.25, 0.3) is 0 Å². The van der Waals surface area contributed by atoms with Gasteiger partial charge in [-0.15, -0.1) is 0 Å². The largest absolute Gasteiger partial charge is 0.454 e. The molecule has 1 aliphatic rings. The molecule has 1 fully saturated rings. The molecular weight excluding hydrogens is 372 g/mol. The maximum Gasteiger partial charge on any atom is 0.338 e. The van der Waals surface area contributed by atoms with Crippen LogP contribution in [0.3, 0.4) is 0 Å². The normalized spacial score (nSPS) is 24.5. The minimum Gasteiger partial charge on any atom is -0.454 e. The van der Waals surface area contributed by atoms with Crippen LogP contribution in [0.4, 0.5) is 0 Å². The van der Waals surface area contributed by atoms with Crippen molar-refractivity contribution in [3.63, 3.8) is 0 Å². The van der Waals surface area contributed by atoms with Gasteiger partial charge in [0, 0.05) is 11.6 Å². The van der Waals surface area contributed by atoms with Crippen LogP contribution in [-0.4, -0.2) is 37.1 Å². The zero-order chi connectivity index (χ0) is 20.2. The van der Waals surface area contributed by atoms with Crippen molar-refractivity contribution >= 4 is 17.6 Å². The van der Waals surface area contributed by atoms with Gasteiger partial charge in [0.05, 0.1) is 17.0 Å². The number of likely N-dealkylation sites (N-methyl/N-ethyl adjacent to an activating group) is 1. The van der Waals surface area contributed by atoms with Crippen LogP contribution >= 0.6 is 11.6 Å². The van der Waals surface area contributed by atoms with E-state index in [0.717, 1.165) is 5.56 Å². The first-order valence-electron chi connectivity index (χ1n) is 9.49. The maximum absolute atomic E-state index is 12.8. The molecule has 3 rings (SSSR count). The molecule has 0 radical (unpaired) electrons. The van der Waals surface area contributed by atoms with Crippen molar-refractivity contribution in [2.24, 2.45) is 0 Å². The molecule has 0 saturated heterocycles. The maximum atomic E-state index is 12.8. The lowest BCUT2D eigenvalue weighted by Gasteiger charge is -2.44. The number of benzene rings is 2. The van der Waals surface area contributed by atoms with Gasteiger partial charge in [0.15, 0.2) is 0 Å². The highest BCUT2D eigenvalue weighted by Crippen LogP contribution is 2.44.